The number of carbonyl (C=O) groups is 2. The minimum Gasteiger partial charge on any atom is -0.452 e. The van der Waals surface area contributed by atoms with Gasteiger partial charge in [-0.1, -0.05) is 6.07 Å². The Balaban J connectivity index is 2.05. The second-order valence-corrected chi connectivity index (χ2v) is 6.78. The van der Waals surface area contributed by atoms with Gasteiger partial charge >= 0.3 is 5.97 Å². The summed E-state index contributed by atoms with van der Waals surface area (Å²) in [6, 6.07) is 5.91. The molecule has 0 saturated carbocycles. The number of rotatable bonds is 6. The van der Waals surface area contributed by atoms with Gasteiger partial charge in [0.2, 0.25) is 0 Å². The van der Waals surface area contributed by atoms with Crippen molar-refractivity contribution in [1.29, 1.82) is 0 Å². The van der Waals surface area contributed by atoms with Crippen molar-refractivity contribution in [3.8, 4) is 0 Å². The van der Waals surface area contributed by atoms with Crippen LogP contribution in [0.2, 0.25) is 0 Å². The maximum Gasteiger partial charge on any atom is 0.340 e. The van der Waals surface area contributed by atoms with Gasteiger partial charge in [0.05, 0.1) is 12.1 Å². The fourth-order valence-electron chi connectivity index (χ4n) is 2.38. The standard InChI is InChI=1S/C17H22N2O3S/c1-11(2)18-16(20)10-22-17(21)15-8-12(3)19(13(15)4)9-14-6-5-7-23-14/h5-8,11H,9-10H2,1-4H3,(H,18,20). The van der Waals surface area contributed by atoms with Gasteiger partial charge in [0.15, 0.2) is 6.61 Å². The molecule has 0 unspecified atom stereocenters. The zero-order chi connectivity index (χ0) is 17.0. The lowest BCUT2D eigenvalue weighted by Crippen LogP contribution is -2.34. The summed E-state index contributed by atoms with van der Waals surface area (Å²) < 4.78 is 7.19. The van der Waals surface area contributed by atoms with Gasteiger partial charge < -0.3 is 14.6 Å². The van der Waals surface area contributed by atoms with E-state index in [9.17, 15) is 9.59 Å². The minimum atomic E-state index is -0.463. The van der Waals surface area contributed by atoms with E-state index in [0.717, 1.165) is 17.9 Å². The summed E-state index contributed by atoms with van der Waals surface area (Å²) in [4.78, 5) is 25.0. The normalized spacial score (nSPS) is 10.8. The van der Waals surface area contributed by atoms with Crippen molar-refractivity contribution in [2.45, 2.75) is 40.3 Å². The first-order valence-corrected chi connectivity index (χ1v) is 8.42. The molecule has 2 rings (SSSR count). The zero-order valence-corrected chi connectivity index (χ0v) is 14.7. The topological polar surface area (TPSA) is 60.3 Å². The van der Waals surface area contributed by atoms with Crippen LogP contribution in [0.15, 0.2) is 23.6 Å². The number of nitrogens with one attached hydrogen (secondary N) is 1. The van der Waals surface area contributed by atoms with Crippen molar-refractivity contribution in [2.24, 2.45) is 0 Å². The molecule has 0 radical (unpaired) electrons. The Morgan fingerprint density at radius 2 is 2.09 bits per heavy atom. The first kappa shape index (κ1) is 17.3. The molecule has 23 heavy (non-hydrogen) atoms. The maximum atomic E-state index is 12.2. The lowest BCUT2D eigenvalue weighted by Gasteiger charge is -2.10. The molecule has 6 heteroatoms. The Hall–Kier alpha value is -2.08. The van der Waals surface area contributed by atoms with E-state index in [-0.39, 0.29) is 18.6 Å². The summed E-state index contributed by atoms with van der Waals surface area (Å²) in [6.45, 7) is 8.05. The summed E-state index contributed by atoms with van der Waals surface area (Å²) in [5, 5.41) is 4.72. The van der Waals surface area contributed by atoms with Crippen LogP contribution < -0.4 is 5.32 Å². The van der Waals surface area contributed by atoms with Crippen LogP contribution in [0.4, 0.5) is 0 Å². The molecule has 0 aliphatic heterocycles. The lowest BCUT2D eigenvalue weighted by atomic mass is 10.2. The quantitative estimate of drug-likeness (QED) is 0.826. The Morgan fingerprint density at radius 3 is 2.70 bits per heavy atom. The third-order valence-corrected chi connectivity index (χ3v) is 4.33. The molecule has 0 bridgehead atoms. The highest BCUT2D eigenvalue weighted by molar-refractivity contribution is 7.09. The minimum absolute atomic E-state index is 0.0251. The van der Waals surface area contributed by atoms with Gasteiger partial charge in [-0.3, -0.25) is 4.79 Å². The van der Waals surface area contributed by atoms with Crippen molar-refractivity contribution >= 4 is 23.2 Å². The molecule has 0 saturated heterocycles. The predicted octanol–water partition coefficient (Wildman–Crippen LogP) is 2.90. The van der Waals surface area contributed by atoms with Gasteiger partial charge in [0.25, 0.3) is 5.91 Å². The molecule has 1 amide bonds. The number of hydrogen-bond acceptors (Lipinski definition) is 4. The molecule has 2 aromatic heterocycles. The van der Waals surface area contributed by atoms with Crippen LogP contribution in [0.25, 0.3) is 0 Å². The van der Waals surface area contributed by atoms with Crippen LogP contribution in [-0.2, 0) is 16.1 Å². The van der Waals surface area contributed by atoms with E-state index >= 15 is 0 Å². The number of aryl methyl sites for hydroxylation is 1. The monoisotopic (exact) mass is 334 g/mol. The number of aromatic nitrogens is 1. The Labute approximate surface area is 140 Å². The second-order valence-electron chi connectivity index (χ2n) is 5.75. The van der Waals surface area contributed by atoms with Gasteiger partial charge in [0, 0.05) is 22.3 Å². The molecule has 0 aliphatic rings. The molecule has 0 aromatic carbocycles. The number of nitrogens with zero attached hydrogens (tertiary/aromatic N) is 1. The van der Waals surface area contributed by atoms with Crippen LogP contribution in [0.5, 0.6) is 0 Å². The molecule has 2 aromatic rings. The van der Waals surface area contributed by atoms with E-state index in [2.05, 4.69) is 16.0 Å². The SMILES string of the molecule is Cc1cc(C(=O)OCC(=O)NC(C)C)c(C)n1Cc1cccs1. The van der Waals surface area contributed by atoms with Gasteiger partial charge in [-0.2, -0.15) is 0 Å². The highest BCUT2D eigenvalue weighted by Crippen LogP contribution is 2.19. The largest absolute Gasteiger partial charge is 0.452 e. The van der Waals surface area contributed by atoms with Crippen LogP contribution in [0, 0.1) is 13.8 Å². The average Bonchev–Trinajstić information content (AvgIpc) is 3.08. The zero-order valence-electron chi connectivity index (χ0n) is 13.9. The first-order chi connectivity index (χ1) is 10.9. The fourth-order valence-corrected chi connectivity index (χ4v) is 3.07. The van der Waals surface area contributed by atoms with E-state index in [0.29, 0.717) is 5.56 Å². The van der Waals surface area contributed by atoms with Gasteiger partial charge in [0.1, 0.15) is 0 Å². The summed E-state index contributed by atoms with van der Waals surface area (Å²) in [7, 11) is 0. The highest BCUT2D eigenvalue weighted by Gasteiger charge is 2.18. The van der Waals surface area contributed by atoms with E-state index in [1.807, 2.05) is 45.2 Å². The molecule has 0 aliphatic carbocycles. The highest BCUT2D eigenvalue weighted by atomic mass is 32.1. The molecule has 124 valence electrons. The maximum absolute atomic E-state index is 12.2. The van der Waals surface area contributed by atoms with Crippen molar-refractivity contribution in [1.82, 2.24) is 9.88 Å². The van der Waals surface area contributed by atoms with Crippen LogP contribution in [0.1, 0.15) is 40.5 Å². The molecule has 1 N–H and O–H groups in total. The molecular weight excluding hydrogens is 312 g/mol. The van der Waals surface area contributed by atoms with Crippen LogP contribution in [-0.4, -0.2) is 29.1 Å². The molecule has 2 heterocycles. The molecular formula is C17H22N2O3S. The fraction of sp³-hybridized carbons (Fsp3) is 0.412. The predicted molar refractivity (Wildman–Crippen MR) is 90.9 cm³/mol. The summed E-state index contributed by atoms with van der Waals surface area (Å²) >= 11 is 1.68. The number of hydrogen-bond donors (Lipinski definition) is 1. The number of thiophene rings is 1. The number of ether oxygens (including phenoxy) is 1. The third-order valence-electron chi connectivity index (χ3n) is 3.47. The Kier molecular flexibility index (Phi) is 5.60. The van der Waals surface area contributed by atoms with E-state index < -0.39 is 5.97 Å². The number of carbonyl (C=O) groups excluding carboxylic acids is 2. The van der Waals surface area contributed by atoms with Crippen LogP contribution >= 0.6 is 11.3 Å². The summed E-state index contributed by atoms with van der Waals surface area (Å²) in [5.74, 6) is -0.754. The molecule has 0 fully saturated rings. The van der Waals surface area contributed by atoms with Crippen molar-refractivity contribution in [2.75, 3.05) is 6.61 Å². The Morgan fingerprint density at radius 1 is 1.35 bits per heavy atom. The lowest BCUT2D eigenvalue weighted by molar-refractivity contribution is -0.124. The smallest absolute Gasteiger partial charge is 0.340 e. The first-order valence-electron chi connectivity index (χ1n) is 7.54. The van der Waals surface area contributed by atoms with Gasteiger partial charge in [-0.25, -0.2) is 4.79 Å². The summed E-state index contributed by atoms with van der Waals surface area (Å²) in [5.41, 5.74) is 2.36. The van der Waals surface area contributed by atoms with Crippen molar-refractivity contribution < 1.29 is 14.3 Å². The van der Waals surface area contributed by atoms with E-state index in [4.69, 9.17) is 4.74 Å². The third kappa shape index (κ3) is 4.45. The van der Waals surface area contributed by atoms with Crippen LogP contribution in [0.3, 0.4) is 0 Å². The number of esters is 1. The van der Waals surface area contributed by atoms with Gasteiger partial charge in [-0.05, 0) is 45.2 Å². The molecule has 5 nitrogen and oxygen atoms in total. The summed E-state index contributed by atoms with van der Waals surface area (Å²) in [6.07, 6.45) is 0. The van der Waals surface area contributed by atoms with E-state index in [1.54, 1.807) is 11.3 Å². The average molecular weight is 334 g/mol. The van der Waals surface area contributed by atoms with Gasteiger partial charge in [-0.15, -0.1) is 11.3 Å². The second kappa shape index (κ2) is 7.46. The molecule has 0 atom stereocenters. The molecule has 0 spiro atoms. The van der Waals surface area contributed by atoms with E-state index in [1.165, 1.54) is 4.88 Å². The Bertz CT molecular complexity index is 687. The van der Waals surface area contributed by atoms with Crippen molar-refractivity contribution in [3.05, 3.63) is 45.4 Å². The van der Waals surface area contributed by atoms with Crippen molar-refractivity contribution in [3.63, 3.8) is 0 Å². The number of amides is 1.